The summed E-state index contributed by atoms with van der Waals surface area (Å²) in [6, 6.07) is 9.25. The fourth-order valence-corrected chi connectivity index (χ4v) is 1.62. The number of rotatable bonds is 6. The molecule has 1 aromatic carbocycles. The van der Waals surface area contributed by atoms with Crippen molar-refractivity contribution in [3.8, 4) is 0 Å². The molecule has 0 atom stereocenters. The van der Waals surface area contributed by atoms with Crippen LogP contribution in [0.1, 0.15) is 26.3 Å². The minimum atomic E-state index is -0.668. The van der Waals surface area contributed by atoms with Gasteiger partial charge in [0.1, 0.15) is 18.8 Å². The van der Waals surface area contributed by atoms with Crippen LogP contribution in [0.3, 0.4) is 0 Å². The van der Waals surface area contributed by atoms with E-state index >= 15 is 0 Å². The first kappa shape index (κ1) is 18.0. The molecule has 0 aromatic heterocycles. The Bertz CT molecular complexity index is 481. The lowest BCUT2D eigenvalue weighted by molar-refractivity contribution is -0.146. The topological polar surface area (TPSA) is 76.1 Å². The molecule has 0 saturated heterocycles. The van der Waals surface area contributed by atoms with Crippen molar-refractivity contribution in [3.05, 3.63) is 35.9 Å². The van der Waals surface area contributed by atoms with Crippen LogP contribution in [0.25, 0.3) is 0 Å². The van der Waals surface area contributed by atoms with Crippen LogP contribution in [0.5, 0.6) is 0 Å². The van der Waals surface area contributed by atoms with Crippen LogP contribution in [0.15, 0.2) is 30.3 Å². The van der Waals surface area contributed by atoms with Gasteiger partial charge in [-0.1, -0.05) is 30.3 Å². The Morgan fingerprint density at radius 3 is 2.36 bits per heavy atom. The highest BCUT2D eigenvalue weighted by Crippen LogP contribution is 2.10. The highest BCUT2D eigenvalue weighted by Gasteiger charge is 2.24. The van der Waals surface area contributed by atoms with Gasteiger partial charge in [0.05, 0.1) is 6.61 Å². The van der Waals surface area contributed by atoms with Gasteiger partial charge in [-0.15, -0.1) is 0 Å². The molecule has 1 aromatic rings. The number of hydrogen-bond acceptors (Lipinski definition) is 5. The van der Waals surface area contributed by atoms with Crippen molar-refractivity contribution in [2.45, 2.75) is 33.0 Å². The molecule has 22 heavy (non-hydrogen) atoms. The minimum absolute atomic E-state index is 0.00928. The van der Waals surface area contributed by atoms with Gasteiger partial charge in [0.15, 0.2) is 0 Å². The molecular formula is C16H23NO5. The first-order chi connectivity index (χ1) is 10.3. The maximum absolute atomic E-state index is 11.9. The summed E-state index contributed by atoms with van der Waals surface area (Å²) in [5.41, 5.74) is 0.195. The maximum Gasteiger partial charge on any atom is 0.410 e. The van der Waals surface area contributed by atoms with E-state index in [4.69, 9.17) is 14.6 Å². The molecule has 0 saturated carbocycles. The number of esters is 1. The molecule has 0 heterocycles. The van der Waals surface area contributed by atoms with E-state index in [0.29, 0.717) is 0 Å². The molecule has 0 fully saturated rings. The first-order valence-electron chi connectivity index (χ1n) is 7.10. The third kappa shape index (κ3) is 7.08. The molecule has 0 aliphatic heterocycles. The van der Waals surface area contributed by atoms with Gasteiger partial charge in [0.2, 0.25) is 0 Å². The van der Waals surface area contributed by atoms with Crippen LogP contribution in [-0.4, -0.2) is 47.4 Å². The average Bonchev–Trinajstić information content (AvgIpc) is 2.44. The number of benzene rings is 1. The predicted octanol–water partition coefficient (Wildman–Crippen LogP) is 1.96. The van der Waals surface area contributed by atoms with Crippen molar-refractivity contribution in [1.82, 2.24) is 4.90 Å². The van der Waals surface area contributed by atoms with Gasteiger partial charge in [-0.25, -0.2) is 4.79 Å². The Morgan fingerprint density at radius 1 is 1.18 bits per heavy atom. The third-order valence-corrected chi connectivity index (χ3v) is 2.58. The number of aliphatic hydroxyl groups is 1. The first-order valence-corrected chi connectivity index (χ1v) is 7.10. The van der Waals surface area contributed by atoms with Crippen LogP contribution in [0, 0.1) is 0 Å². The zero-order valence-corrected chi connectivity index (χ0v) is 13.2. The van der Waals surface area contributed by atoms with E-state index < -0.39 is 17.7 Å². The van der Waals surface area contributed by atoms with Gasteiger partial charge in [0.25, 0.3) is 0 Å². The average molecular weight is 309 g/mol. The zero-order valence-electron chi connectivity index (χ0n) is 13.2. The van der Waals surface area contributed by atoms with Gasteiger partial charge in [-0.05, 0) is 26.3 Å². The molecule has 6 heteroatoms. The molecule has 1 rings (SSSR count). The Hall–Kier alpha value is -2.08. The summed E-state index contributed by atoms with van der Waals surface area (Å²) >= 11 is 0. The molecule has 0 unspecified atom stereocenters. The minimum Gasteiger partial charge on any atom is -0.459 e. The summed E-state index contributed by atoms with van der Waals surface area (Å²) in [6.07, 6.45) is -0.654. The molecule has 1 N–H and O–H groups in total. The van der Waals surface area contributed by atoms with Crippen molar-refractivity contribution in [2.75, 3.05) is 19.7 Å². The Kier molecular flexibility index (Phi) is 6.85. The van der Waals surface area contributed by atoms with Crippen LogP contribution in [-0.2, 0) is 20.9 Å². The number of carbonyl (C=O) groups excluding carboxylic acids is 2. The number of hydrogen-bond donors (Lipinski definition) is 1. The number of amides is 1. The van der Waals surface area contributed by atoms with E-state index in [0.717, 1.165) is 10.5 Å². The van der Waals surface area contributed by atoms with E-state index in [2.05, 4.69) is 0 Å². The summed E-state index contributed by atoms with van der Waals surface area (Å²) < 4.78 is 10.3. The lowest BCUT2D eigenvalue weighted by Crippen LogP contribution is -2.41. The molecule has 1 amide bonds. The fraction of sp³-hybridized carbons (Fsp3) is 0.500. The molecule has 6 nitrogen and oxygen atoms in total. The second-order valence-electron chi connectivity index (χ2n) is 5.77. The van der Waals surface area contributed by atoms with Crippen LogP contribution < -0.4 is 0 Å². The SMILES string of the molecule is CC(C)(C)OC(=O)N(CCO)CC(=O)OCc1ccccc1. The third-order valence-electron chi connectivity index (χ3n) is 2.58. The molecular weight excluding hydrogens is 286 g/mol. The number of nitrogens with zero attached hydrogens (tertiary/aromatic N) is 1. The largest absolute Gasteiger partial charge is 0.459 e. The molecule has 0 radical (unpaired) electrons. The van der Waals surface area contributed by atoms with Crippen molar-refractivity contribution < 1.29 is 24.2 Å². The predicted molar refractivity (Wildman–Crippen MR) is 81.1 cm³/mol. The van der Waals surface area contributed by atoms with E-state index in [1.807, 2.05) is 30.3 Å². The molecule has 0 aliphatic rings. The standard InChI is InChI=1S/C16H23NO5/c1-16(2,3)22-15(20)17(9-10-18)11-14(19)21-12-13-7-5-4-6-8-13/h4-8,18H,9-12H2,1-3H3. The second kappa shape index (κ2) is 8.38. The van der Waals surface area contributed by atoms with E-state index in [1.165, 1.54) is 0 Å². The normalized spacial score (nSPS) is 10.9. The van der Waals surface area contributed by atoms with E-state index in [9.17, 15) is 9.59 Å². The van der Waals surface area contributed by atoms with Crippen molar-refractivity contribution >= 4 is 12.1 Å². The Balaban J connectivity index is 2.51. The van der Waals surface area contributed by atoms with Crippen molar-refractivity contribution in [2.24, 2.45) is 0 Å². The summed E-state index contributed by atoms with van der Waals surface area (Å²) in [5, 5.41) is 9.00. The summed E-state index contributed by atoms with van der Waals surface area (Å²) in [4.78, 5) is 24.9. The van der Waals surface area contributed by atoms with Crippen LogP contribution in [0.2, 0.25) is 0 Å². The van der Waals surface area contributed by atoms with Gasteiger partial charge < -0.3 is 14.6 Å². The van der Waals surface area contributed by atoms with Gasteiger partial charge in [0, 0.05) is 6.54 Å². The summed E-state index contributed by atoms with van der Waals surface area (Å²) in [7, 11) is 0. The second-order valence-corrected chi connectivity index (χ2v) is 5.77. The summed E-state index contributed by atoms with van der Waals surface area (Å²) in [6.45, 7) is 4.82. The monoisotopic (exact) mass is 309 g/mol. The van der Waals surface area contributed by atoms with Crippen molar-refractivity contribution in [3.63, 3.8) is 0 Å². The summed E-state index contributed by atoms with van der Waals surface area (Å²) in [5.74, 6) is -0.553. The fourth-order valence-electron chi connectivity index (χ4n) is 1.62. The highest BCUT2D eigenvalue weighted by atomic mass is 16.6. The van der Waals surface area contributed by atoms with E-state index in [1.54, 1.807) is 20.8 Å². The van der Waals surface area contributed by atoms with Gasteiger partial charge >= 0.3 is 12.1 Å². The Labute approximate surface area is 130 Å². The lowest BCUT2D eigenvalue weighted by Gasteiger charge is -2.26. The van der Waals surface area contributed by atoms with Crippen LogP contribution in [0.4, 0.5) is 4.79 Å². The maximum atomic E-state index is 11.9. The smallest absolute Gasteiger partial charge is 0.410 e. The van der Waals surface area contributed by atoms with E-state index in [-0.39, 0.29) is 26.3 Å². The zero-order chi connectivity index (χ0) is 16.6. The van der Waals surface area contributed by atoms with Gasteiger partial charge in [-0.3, -0.25) is 9.69 Å². The molecule has 0 aliphatic carbocycles. The van der Waals surface area contributed by atoms with Crippen LogP contribution >= 0.6 is 0 Å². The molecule has 0 bridgehead atoms. The molecule has 0 spiro atoms. The van der Waals surface area contributed by atoms with Gasteiger partial charge in [-0.2, -0.15) is 0 Å². The highest BCUT2D eigenvalue weighted by molar-refractivity contribution is 5.78. The number of carbonyl (C=O) groups is 2. The number of aliphatic hydroxyl groups excluding tert-OH is 1. The number of ether oxygens (including phenoxy) is 2. The Morgan fingerprint density at radius 2 is 1.82 bits per heavy atom. The quantitative estimate of drug-likeness (QED) is 0.813. The molecule has 122 valence electrons. The van der Waals surface area contributed by atoms with Crippen molar-refractivity contribution in [1.29, 1.82) is 0 Å². The lowest BCUT2D eigenvalue weighted by atomic mass is 10.2.